The third kappa shape index (κ3) is 7.58. The molecule has 0 aromatic heterocycles. The molecule has 2 unspecified atom stereocenters. The Labute approximate surface area is 234 Å². The Morgan fingerprint density at radius 2 is 1.59 bits per heavy atom. The molecule has 1 N–H and O–H groups in total. The minimum absolute atomic E-state index is 0.0523. The molecule has 2 amide bonds. The van der Waals surface area contributed by atoms with Crippen molar-refractivity contribution in [2.75, 3.05) is 10.8 Å². The van der Waals surface area contributed by atoms with Gasteiger partial charge in [0.2, 0.25) is 11.8 Å². The molecule has 0 aliphatic rings. The van der Waals surface area contributed by atoms with Gasteiger partial charge in [0, 0.05) is 23.2 Å². The van der Waals surface area contributed by atoms with Gasteiger partial charge < -0.3 is 10.2 Å². The van der Waals surface area contributed by atoms with E-state index in [2.05, 4.69) is 5.32 Å². The van der Waals surface area contributed by atoms with Crippen molar-refractivity contribution in [3.8, 4) is 0 Å². The highest BCUT2D eigenvalue weighted by atomic mass is 35.5. The number of sulfonamides is 1. The van der Waals surface area contributed by atoms with Gasteiger partial charge in [-0.25, -0.2) is 12.8 Å². The first-order valence-corrected chi connectivity index (χ1v) is 14.4. The van der Waals surface area contributed by atoms with Gasteiger partial charge in [0.15, 0.2) is 0 Å². The number of aryl methyl sites for hydroxylation is 1. The third-order valence-corrected chi connectivity index (χ3v) is 8.51. The molecule has 0 aliphatic heterocycles. The van der Waals surface area contributed by atoms with Crippen molar-refractivity contribution in [3.05, 3.63) is 94.8 Å². The van der Waals surface area contributed by atoms with E-state index in [-0.39, 0.29) is 28.7 Å². The summed E-state index contributed by atoms with van der Waals surface area (Å²) in [6.07, 6.45) is 0.681. The topological polar surface area (TPSA) is 86.8 Å². The van der Waals surface area contributed by atoms with Crippen LogP contribution in [0.2, 0.25) is 5.02 Å². The Morgan fingerprint density at radius 3 is 2.18 bits per heavy atom. The maximum absolute atomic E-state index is 14.6. The number of carbonyl (C=O) groups is 2. The summed E-state index contributed by atoms with van der Waals surface area (Å²) in [5.74, 6) is -1.62. The van der Waals surface area contributed by atoms with Gasteiger partial charge >= 0.3 is 0 Å². The third-order valence-electron chi connectivity index (χ3n) is 6.47. The molecule has 10 heteroatoms. The van der Waals surface area contributed by atoms with Gasteiger partial charge in [0.05, 0.1) is 10.6 Å². The molecule has 0 aliphatic carbocycles. The first kappa shape index (κ1) is 30.1. The first-order chi connectivity index (χ1) is 18.4. The van der Waals surface area contributed by atoms with Gasteiger partial charge in [-0.15, -0.1) is 0 Å². The Hall–Kier alpha value is -3.43. The minimum atomic E-state index is -4.21. The highest BCUT2D eigenvalue weighted by Crippen LogP contribution is 2.26. The molecule has 2 atom stereocenters. The lowest BCUT2D eigenvalue weighted by Crippen LogP contribution is -2.52. The van der Waals surface area contributed by atoms with Crippen LogP contribution in [0.1, 0.15) is 38.3 Å². The lowest BCUT2D eigenvalue weighted by Gasteiger charge is -2.32. The standard InChI is InChI=1S/C29H33ClFN3O4S/c1-5-21(3)32-29(36)22(4)33(18-23-8-6-7-9-27(23)31)28(35)19-34(25-14-10-20(2)11-15-25)39(37,38)26-16-12-24(30)13-17-26/h6-17,21-22H,5,18-19H2,1-4H3,(H,32,36). The van der Waals surface area contributed by atoms with Crippen LogP contribution in [0.25, 0.3) is 0 Å². The molecule has 208 valence electrons. The molecule has 0 saturated carbocycles. The Morgan fingerprint density at radius 1 is 0.974 bits per heavy atom. The molecule has 0 bridgehead atoms. The molecule has 3 aromatic carbocycles. The second kappa shape index (κ2) is 13.1. The van der Waals surface area contributed by atoms with Crippen LogP contribution < -0.4 is 9.62 Å². The fourth-order valence-electron chi connectivity index (χ4n) is 3.83. The summed E-state index contributed by atoms with van der Waals surface area (Å²) in [6.45, 7) is 6.33. The highest BCUT2D eigenvalue weighted by Gasteiger charge is 2.33. The van der Waals surface area contributed by atoms with Gasteiger partial charge in [-0.05, 0) is 69.7 Å². The molecule has 39 heavy (non-hydrogen) atoms. The molecule has 0 fully saturated rings. The number of nitrogens with one attached hydrogen (secondary N) is 1. The van der Waals surface area contributed by atoms with Crippen molar-refractivity contribution >= 4 is 39.1 Å². The number of hydrogen-bond donors (Lipinski definition) is 1. The number of nitrogens with zero attached hydrogens (tertiary/aromatic N) is 2. The SMILES string of the molecule is CCC(C)NC(=O)C(C)N(Cc1ccccc1F)C(=O)CN(c1ccc(C)cc1)S(=O)(=O)c1ccc(Cl)cc1. The molecule has 0 saturated heterocycles. The Kier molecular flexibility index (Phi) is 10.1. The van der Waals surface area contributed by atoms with Crippen molar-refractivity contribution in [2.24, 2.45) is 0 Å². The van der Waals surface area contributed by atoms with Crippen LogP contribution in [0.3, 0.4) is 0 Å². The van der Waals surface area contributed by atoms with E-state index >= 15 is 0 Å². The summed E-state index contributed by atoms with van der Waals surface area (Å²) < 4.78 is 43.1. The molecular weight excluding hydrogens is 541 g/mol. The number of hydrogen-bond acceptors (Lipinski definition) is 4. The van der Waals surface area contributed by atoms with Crippen LogP contribution in [0.4, 0.5) is 10.1 Å². The van der Waals surface area contributed by atoms with Crippen molar-refractivity contribution < 1.29 is 22.4 Å². The average Bonchev–Trinajstić information content (AvgIpc) is 2.91. The first-order valence-electron chi connectivity index (χ1n) is 12.6. The predicted octanol–water partition coefficient (Wildman–Crippen LogP) is 5.31. The Bertz CT molecular complexity index is 1400. The second-order valence-corrected chi connectivity index (χ2v) is 11.7. The molecule has 0 spiro atoms. The van der Waals surface area contributed by atoms with Crippen LogP contribution in [-0.2, 0) is 26.2 Å². The zero-order valence-electron chi connectivity index (χ0n) is 22.4. The van der Waals surface area contributed by atoms with E-state index in [1.165, 1.54) is 47.4 Å². The zero-order chi connectivity index (χ0) is 28.7. The minimum Gasteiger partial charge on any atom is -0.352 e. The zero-order valence-corrected chi connectivity index (χ0v) is 24.0. The largest absolute Gasteiger partial charge is 0.352 e. The van der Waals surface area contributed by atoms with Crippen molar-refractivity contribution in [1.82, 2.24) is 10.2 Å². The summed E-state index contributed by atoms with van der Waals surface area (Å²) >= 11 is 5.96. The predicted molar refractivity (Wildman–Crippen MR) is 151 cm³/mol. The van der Waals surface area contributed by atoms with E-state index in [4.69, 9.17) is 11.6 Å². The summed E-state index contributed by atoms with van der Waals surface area (Å²) in [6, 6.07) is 17.2. The van der Waals surface area contributed by atoms with Crippen LogP contribution in [0.5, 0.6) is 0 Å². The van der Waals surface area contributed by atoms with Gasteiger partial charge in [-0.1, -0.05) is 54.4 Å². The molecule has 3 aromatic rings. The summed E-state index contributed by atoms with van der Waals surface area (Å²) in [7, 11) is -4.21. The summed E-state index contributed by atoms with van der Waals surface area (Å²) in [5, 5.41) is 3.21. The van der Waals surface area contributed by atoms with Crippen molar-refractivity contribution in [2.45, 2.75) is 57.6 Å². The van der Waals surface area contributed by atoms with Gasteiger partial charge in [0.1, 0.15) is 18.4 Å². The number of rotatable bonds is 11. The quantitative estimate of drug-likeness (QED) is 0.337. The number of carbonyl (C=O) groups excluding carboxylic acids is 2. The highest BCUT2D eigenvalue weighted by molar-refractivity contribution is 7.92. The summed E-state index contributed by atoms with van der Waals surface area (Å²) in [5.41, 5.74) is 1.38. The van der Waals surface area contributed by atoms with Crippen LogP contribution in [0, 0.1) is 12.7 Å². The maximum atomic E-state index is 14.6. The molecule has 0 radical (unpaired) electrons. The van der Waals surface area contributed by atoms with Crippen molar-refractivity contribution in [1.29, 1.82) is 0 Å². The number of anilines is 1. The second-order valence-electron chi connectivity index (χ2n) is 9.41. The van der Waals surface area contributed by atoms with Gasteiger partial charge in [-0.2, -0.15) is 0 Å². The lowest BCUT2D eigenvalue weighted by molar-refractivity contribution is -0.139. The lowest BCUT2D eigenvalue weighted by atomic mass is 10.1. The maximum Gasteiger partial charge on any atom is 0.264 e. The van der Waals surface area contributed by atoms with Gasteiger partial charge in [0.25, 0.3) is 10.0 Å². The fourth-order valence-corrected chi connectivity index (χ4v) is 5.37. The van der Waals surface area contributed by atoms with Crippen LogP contribution >= 0.6 is 11.6 Å². The number of halogens is 2. The fraction of sp³-hybridized carbons (Fsp3) is 0.310. The number of amides is 2. The van der Waals surface area contributed by atoms with E-state index in [1.54, 1.807) is 37.3 Å². The van der Waals surface area contributed by atoms with Crippen molar-refractivity contribution in [3.63, 3.8) is 0 Å². The van der Waals surface area contributed by atoms with E-state index < -0.39 is 40.2 Å². The van der Waals surface area contributed by atoms with E-state index in [0.717, 1.165) is 9.87 Å². The number of benzene rings is 3. The van der Waals surface area contributed by atoms with Crippen LogP contribution in [0.15, 0.2) is 77.7 Å². The monoisotopic (exact) mass is 573 g/mol. The molecule has 0 heterocycles. The van der Waals surface area contributed by atoms with E-state index in [9.17, 15) is 22.4 Å². The smallest absolute Gasteiger partial charge is 0.264 e. The molecule has 3 rings (SSSR count). The average molecular weight is 574 g/mol. The van der Waals surface area contributed by atoms with E-state index in [1.807, 2.05) is 20.8 Å². The Balaban J connectivity index is 2.03. The van der Waals surface area contributed by atoms with Gasteiger partial charge in [-0.3, -0.25) is 13.9 Å². The molecular formula is C29H33ClFN3O4S. The van der Waals surface area contributed by atoms with E-state index in [0.29, 0.717) is 11.4 Å². The molecule has 7 nitrogen and oxygen atoms in total. The summed E-state index contributed by atoms with van der Waals surface area (Å²) in [4.78, 5) is 28.0. The normalized spacial score (nSPS) is 12.9. The van der Waals surface area contributed by atoms with Crippen LogP contribution in [-0.4, -0.2) is 43.8 Å².